The van der Waals surface area contributed by atoms with Crippen LogP contribution >= 0.6 is 0 Å². The Hall–Kier alpha value is -3.75. The van der Waals surface area contributed by atoms with Gasteiger partial charge in [-0.1, -0.05) is 37.1 Å². The molecule has 0 unspecified atom stereocenters. The number of pyridine rings is 1. The van der Waals surface area contributed by atoms with Crippen LogP contribution in [0.3, 0.4) is 0 Å². The average molecular weight is 571 g/mol. The van der Waals surface area contributed by atoms with Gasteiger partial charge < -0.3 is 30.8 Å². The summed E-state index contributed by atoms with van der Waals surface area (Å²) in [6.45, 7) is 6.82. The number of nitrogens with zero attached hydrogens (tertiary/aromatic N) is 2. The van der Waals surface area contributed by atoms with Gasteiger partial charge in [-0.3, -0.25) is 9.59 Å². The summed E-state index contributed by atoms with van der Waals surface area (Å²) in [6, 6.07) is 14.7. The van der Waals surface area contributed by atoms with Crippen molar-refractivity contribution in [2.45, 2.75) is 65.1 Å². The molecule has 8 nitrogen and oxygen atoms in total. The maximum Gasteiger partial charge on any atom is 0.253 e. The van der Waals surface area contributed by atoms with Crippen LogP contribution in [0.4, 0.5) is 5.69 Å². The highest BCUT2D eigenvalue weighted by atomic mass is 16.1. The summed E-state index contributed by atoms with van der Waals surface area (Å²) in [5.74, 6) is -0.305. The standard InChI is InChI=1S/C34H46N6O2/c1-23-17-24(2)37-34(42)31(23)21-36-33(41)29-18-27(19-32(30(29)20-35)38-28-9-6-7-10-28)26-13-11-25(12-14-26)22-40(5)16-8-15-39(3)4/h11-14,17-20,28,35,38H,6-10,15-16,21-22H2,1-5H3,(H,36,41)(H,37,42). The summed E-state index contributed by atoms with van der Waals surface area (Å²) >= 11 is 0. The van der Waals surface area contributed by atoms with Crippen LogP contribution in [0.2, 0.25) is 0 Å². The molecule has 0 bridgehead atoms. The van der Waals surface area contributed by atoms with E-state index in [4.69, 9.17) is 5.41 Å². The summed E-state index contributed by atoms with van der Waals surface area (Å²) in [6.07, 6.45) is 6.90. The molecule has 3 aromatic rings. The number of hydrogen-bond donors (Lipinski definition) is 4. The number of benzene rings is 2. The Bertz CT molecular complexity index is 1440. The van der Waals surface area contributed by atoms with Gasteiger partial charge in [-0.15, -0.1) is 0 Å². The first-order valence-electron chi connectivity index (χ1n) is 15.0. The van der Waals surface area contributed by atoms with Crippen molar-refractivity contribution in [1.82, 2.24) is 20.1 Å². The van der Waals surface area contributed by atoms with Crippen molar-refractivity contribution in [3.05, 3.63) is 86.3 Å². The molecule has 0 saturated heterocycles. The maximum atomic E-state index is 13.6. The highest BCUT2D eigenvalue weighted by Crippen LogP contribution is 2.31. The molecular weight excluding hydrogens is 524 g/mol. The summed E-state index contributed by atoms with van der Waals surface area (Å²) in [7, 11) is 6.35. The molecule has 0 aliphatic heterocycles. The molecule has 0 atom stereocenters. The zero-order valence-corrected chi connectivity index (χ0v) is 25.8. The molecule has 42 heavy (non-hydrogen) atoms. The van der Waals surface area contributed by atoms with Gasteiger partial charge in [0.25, 0.3) is 11.5 Å². The zero-order chi connectivity index (χ0) is 30.2. The Kier molecular flexibility index (Phi) is 10.7. The SMILES string of the molecule is Cc1cc(C)c(CNC(=O)c2cc(-c3ccc(CN(C)CCCN(C)C)cc3)cc(NC3CCCC3)c2C=N)c(=O)[nH]1. The third kappa shape index (κ3) is 8.17. The van der Waals surface area contributed by atoms with Crippen LogP contribution in [0.25, 0.3) is 11.1 Å². The topological polar surface area (TPSA) is 104 Å². The fourth-order valence-corrected chi connectivity index (χ4v) is 5.79. The van der Waals surface area contributed by atoms with E-state index in [0.717, 1.165) is 67.0 Å². The number of aryl methyl sites for hydroxylation is 2. The molecule has 1 aromatic heterocycles. The summed E-state index contributed by atoms with van der Waals surface area (Å²) in [4.78, 5) is 33.5. The van der Waals surface area contributed by atoms with Gasteiger partial charge in [0.2, 0.25) is 0 Å². The fraction of sp³-hybridized carbons (Fsp3) is 0.441. The number of hydrogen-bond acceptors (Lipinski definition) is 6. The third-order valence-electron chi connectivity index (χ3n) is 8.09. The highest BCUT2D eigenvalue weighted by molar-refractivity contribution is 6.06. The van der Waals surface area contributed by atoms with Gasteiger partial charge >= 0.3 is 0 Å². The number of amides is 1. The van der Waals surface area contributed by atoms with Gasteiger partial charge in [0.1, 0.15) is 0 Å². The Balaban J connectivity index is 1.59. The summed E-state index contributed by atoms with van der Waals surface area (Å²) in [5, 5.41) is 14.8. The minimum Gasteiger partial charge on any atom is -0.382 e. The summed E-state index contributed by atoms with van der Waals surface area (Å²) < 4.78 is 0. The second-order valence-corrected chi connectivity index (χ2v) is 12.0. The monoisotopic (exact) mass is 570 g/mol. The molecular formula is C34H46N6O2. The van der Waals surface area contributed by atoms with Gasteiger partial charge in [-0.2, -0.15) is 0 Å². The average Bonchev–Trinajstić information content (AvgIpc) is 3.45. The third-order valence-corrected chi connectivity index (χ3v) is 8.09. The first-order valence-corrected chi connectivity index (χ1v) is 15.0. The normalized spacial score (nSPS) is 13.6. The molecule has 1 saturated carbocycles. The van der Waals surface area contributed by atoms with E-state index < -0.39 is 0 Å². The lowest BCUT2D eigenvalue weighted by Crippen LogP contribution is -2.29. The smallest absolute Gasteiger partial charge is 0.253 e. The van der Waals surface area contributed by atoms with Gasteiger partial charge in [-0.05, 0) is 108 Å². The van der Waals surface area contributed by atoms with Crippen molar-refractivity contribution in [1.29, 1.82) is 5.41 Å². The number of H-pyrrole nitrogens is 1. The second kappa shape index (κ2) is 14.4. The number of carbonyl (C=O) groups is 1. The van der Waals surface area contributed by atoms with Crippen molar-refractivity contribution in [2.75, 3.05) is 39.5 Å². The number of anilines is 1. The van der Waals surface area contributed by atoms with Crippen LogP contribution in [0, 0.1) is 19.3 Å². The minimum absolute atomic E-state index is 0.115. The lowest BCUT2D eigenvalue weighted by atomic mass is 9.95. The van der Waals surface area contributed by atoms with Crippen LogP contribution in [0.1, 0.15) is 70.4 Å². The molecule has 8 heteroatoms. The molecule has 224 valence electrons. The van der Waals surface area contributed by atoms with Crippen molar-refractivity contribution in [3.8, 4) is 11.1 Å². The lowest BCUT2D eigenvalue weighted by molar-refractivity contribution is 0.0950. The van der Waals surface area contributed by atoms with Crippen molar-refractivity contribution < 1.29 is 4.79 Å². The highest BCUT2D eigenvalue weighted by Gasteiger charge is 2.21. The van der Waals surface area contributed by atoms with Gasteiger partial charge in [0, 0.05) is 47.9 Å². The molecule has 1 aliphatic carbocycles. The predicted octanol–water partition coefficient (Wildman–Crippen LogP) is 5.32. The van der Waals surface area contributed by atoms with Crippen LogP contribution in [0.15, 0.2) is 47.3 Å². The van der Waals surface area contributed by atoms with Crippen LogP contribution in [-0.2, 0) is 13.1 Å². The Morgan fingerprint density at radius 3 is 2.38 bits per heavy atom. The van der Waals surface area contributed by atoms with E-state index in [-0.39, 0.29) is 18.0 Å². The quantitative estimate of drug-likeness (QED) is 0.208. The molecule has 0 radical (unpaired) electrons. The first-order chi connectivity index (χ1) is 20.1. The molecule has 1 amide bonds. The molecule has 2 aromatic carbocycles. The molecule has 0 spiro atoms. The Morgan fingerprint density at radius 1 is 1.02 bits per heavy atom. The van der Waals surface area contributed by atoms with E-state index in [0.29, 0.717) is 22.7 Å². The Labute approximate surface area is 250 Å². The number of rotatable bonds is 13. The van der Waals surface area contributed by atoms with Crippen LogP contribution < -0.4 is 16.2 Å². The van der Waals surface area contributed by atoms with E-state index in [1.807, 2.05) is 26.0 Å². The van der Waals surface area contributed by atoms with Crippen LogP contribution in [0.5, 0.6) is 0 Å². The van der Waals surface area contributed by atoms with E-state index in [1.165, 1.54) is 24.6 Å². The van der Waals surface area contributed by atoms with E-state index in [9.17, 15) is 9.59 Å². The summed E-state index contributed by atoms with van der Waals surface area (Å²) in [5.41, 5.74) is 6.93. The first kappa shape index (κ1) is 31.2. The molecule has 4 rings (SSSR count). The Morgan fingerprint density at radius 2 is 1.74 bits per heavy atom. The molecule has 1 fully saturated rings. The van der Waals surface area contributed by atoms with Crippen LogP contribution in [-0.4, -0.2) is 67.2 Å². The number of aromatic nitrogens is 1. The number of nitrogens with one attached hydrogen (secondary N) is 4. The molecule has 1 heterocycles. The fourth-order valence-electron chi connectivity index (χ4n) is 5.79. The molecule has 4 N–H and O–H groups in total. The maximum absolute atomic E-state index is 13.6. The zero-order valence-electron chi connectivity index (χ0n) is 25.8. The number of aromatic amines is 1. The van der Waals surface area contributed by atoms with Gasteiger partial charge in [0.05, 0.1) is 5.56 Å². The second-order valence-electron chi connectivity index (χ2n) is 12.0. The van der Waals surface area contributed by atoms with Crippen molar-refractivity contribution in [2.24, 2.45) is 0 Å². The van der Waals surface area contributed by atoms with Gasteiger partial charge in [-0.25, -0.2) is 0 Å². The minimum atomic E-state index is -0.305. The predicted molar refractivity (Wildman–Crippen MR) is 173 cm³/mol. The number of carbonyl (C=O) groups excluding carboxylic acids is 1. The van der Waals surface area contributed by atoms with E-state index >= 15 is 0 Å². The van der Waals surface area contributed by atoms with E-state index in [1.54, 1.807) is 0 Å². The van der Waals surface area contributed by atoms with Crippen molar-refractivity contribution >= 4 is 17.8 Å². The van der Waals surface area contributed by atoms with E-state index in [2.05, 4.69) is 76.9 Å². The van der Waals surface area contributed by atoms with Gasteiger partial charge in [0.15, 0.2) is 0 Å². The molecule has 1 aliphatic rings. The van der Waals surface area contributed by atoms with Crippen molar-refractivity contribution in [3.63, 3.8) is 0 Å². The lowest BCUT2D eigenvalue weighted by Gasteiger charge is -2.20. The largest absolute Gasteiger partial charge is 0.382 e.